The highest BCUT2D eigenvalue weighted by Gasteiger charge is 2.20. The maximum Gasteiger partial charge on any atom is 0.0894 e. The Morgan fingerprint density at radius 2 is 0.500 bits per heavy atom. The van der Waals surface area contributed by atoms with Crippen LogP contribution in [0.25, 0.3) is 48.6 Å². The number of rotatable bonds is 12. The predicted octanol–water partition coefficient (Wildman–Crippen LogP) is 14.9. The lowest BCUT2D eigenvalue weighted by molar-refractivity contribution is 0.436. The molecule has 0 spiro atoms. The molecule has 0 aliphatic heterocycles. The van der Waals surface area contributed by atoms with Gasteiger partial charge in [-0.3, -0.25) is 19.9 Å². The Morgan fingerprint density at radius 1 is 0.274 bits per heavy atom. The molecule has 9 rings (SSSR count). The molecule has 4 fully saturated rings. The second-order valence-electron chi connectivity index (χ2n) is 18.5. The van der Waals surface area contributed by atoms with Crippen molar-refractivity contribution >= 4 is 48.6 Å². The lowest BCUT2D eigenvalue weighted by Crippen LogP contribution is -2.06. The van der Waals surface area contributed by atoms with Gasteiger partial charge >= 0.3 is 0 Å². The van der Waals surface area contributed by atoms with Gasteiger partial charge in [-0.1, -0.05) is 126 Å². The molecule has 318 valence electrons. The van der Waals surface area contributed by atoms with Crippen LogP contribution in [0, 0.1) is 0 Å². The number of pyridine rings is 4. The summed E-state index contributed by atoms with van der Waals surface area (Å²) in [7, 11) is 0. The van der Waals surface area contributed by atoms with E-state index >= 15 is 0 Å². The summed E-state index contributed by atoms with van der Waals surface area (Å²) < 4.78 is 0. The lowest BCUT2D eigenvalue weighted by Gasteiger charge is -2.20. The lowest BCUT2D eigenvalue weighted by atomic mass is 9.86. The van der Waals surface area contributed by atoms with Crippen LogP contribution < -0.4 is 0 Å². The van der Waals surface area contributed by atoms with Crippen molar-refractivity contribution < 1.29 is 0 Å². The summed E-state index contributed by atoms with van der Waals surface area (Å²) in [5.41, 5.74) is 12.3. The van der Waals surface area contributed by atoms with Gasteiger partial charge in [-0.05, 0) is 122 Å². The molecule has 0 bridgehead atoms. The van der Waals surface area contributed by atoms with Crippen LogP contribution in [0.5, 0.6) is 0 Å². The van der Waals surface area contributed by atoms with Crippen LogP contribution >= 0.6 is 0 Å². The van der Waals surface area contributed by atoms with E-state index in [2.05, 4.69) is 97.1 Å². The van der Waals surface area contributed by atoms with E-state index in [4.69, 9.17) is 29.9 Å². The highest BCUT2D eigenvalue weighted by atomic mass is 14.8. The molecule has 0 amide bonds. The first-order valence-corrected chi connectivity index (χ1v) is 24.2. The van der Waals surface area contributed by atoms with Crippen molar-refractivity contribution in [3.05, 3.63) is 141 Å². The minimum absolute atomic E-state index is 0.579. The molecule has 5 aromatic heterocycles. The van der Waals surface area contributed by atoms with Crippen LogP contribution in [-0.2, 0) is 0 Å². The highest BCUT2D eigenvalue weighted by molar-refractivity contribution is 5.81. The molecule has 4 aliphatic rings. The zero-order valence-corrected chi connectivity index (χ0v) is 36.7. The average molecular weight is 821 g/mol. The fourth-order valence-corrected chi connectivity index (χ4v) is 10.3. The van der Waals surface area contributed by atoms with Crippen molar-refractivity contribution in [1.82, 2.24) is 29.9 Å². The summed E-state index contributed by atoms with van der Waals surface area (Å²) in [5, 5.41) is 0. The standard InChI is InChI=1S/C56H64N6/c1-5-13-45(14-6-1)49-29-21-41(37-57-49)25-33-53-54(34-26-42-22-30-50(58-38-42)46-15-7-2-8-16-46)62-56(36-28-44-24-32-52(60-40-44)48-19-11-4-12-20-48)55(61-53)35-27-43-23-31-51(59-39-43)47-17-9-3-10-18-47/h21-40,45-48H,1-20H2. The number of hydrogen-bond donors (Lipinski definition) is 0. The topological polar surface area (TPSA) is 77.3 Å². The summed E-state index contributed by atoms with van der Waals surface area (Å²) in [6, 6.07) is 17.7. The molecule has 0 radical (unpaired) electrons. The van der Waals surface area contributed by atoms with Crippen LogP contribution in [-0.4, -0.2) is 29.9 Å². The maximum absolute atomic E-state index is 5.35. The maximum atomic E-state index is 5.35. The molecule has 4 aliphatic carbocycles. The molecule has 0 aromatic carbocycles. The number of hydrogen-bond acceptors (Lipinski definition) is 6. The SMILES string of the molecule is C(=Cc1nc(C=Cc2ccc(C3CCCCC3)nc2)c(C=Cc2ccc(C3CCCCC3)nc2)nc1C=Cc1ccc(C2CCCCC2)nc1)c1ccc(C2CCCCC2)nc1. The van der Waals surface area contributed by atoms with Crippen LogP contribution in [0.4, 0.5) is 0 Å². The monoisotopic (exact) mass is 821 g/mol. The first-order chi connectivity index (χ1) is 30.7. The molecular weight excluding hydrogens is 757 g/mol. The molecule has 5 heterocycles. The summed E-state index contributed by atoms with van der Waals surface area (Å²) in [6.07, 6.45) is 50.6. The van der Waals surface area contributed by atoms with E-state index in [1.54, 1.807) is 0 Å². The van der Waals surface area contributed by atoms with Crippen molar-refractivity contribution in [2.75, 3.05) is 0 Å². The van der Waals surface area contributed by atoms with Gasteiger partial charge in [-0.2, -0.15) is 0 Å². The third-order valence-corrected chi connectivity index (χ3v) is 14.1. The van der Waals surface area contributed by atoms with E-state index in [1.165, 1.54) is 151 Å². The zero-order valence-electron chi connectivity index (χ0n) is 36.7. The summed E-state index contributed by atoms with van der Waals surface area (Å²) in [5.74, 6) is 2.31. The quantitative estimate of drug-likeness (QED) is 0.125. The Morgan fingerprint density at radius 3 is 0.694 bits per heavy atom. The molecule has 5 aromatic rings. The fraction of sp³-hybridized carbons (Fsp3) is 0.429. The van der Waals surface area contributed by atoms with Crippen molar-refractivity contribution in [3.63, 3.8) is 0 Å². The summed E-state index contributed by atoms with van der Waals surface area (Å²) in [4.78, 5) is 30.4. The fourth-order valence-electron chi connectivity index (χ4n) is 10.3. The molecule has 6 nitrogen and oxygen atoms in total. The Labute approximate surface area is 370 Å². The average Bonchev–Trinajstić information content (AvgIpc) is 3.36. The first kappa shape index (κ1) is 42.0. The van der Waals surface area contributed by atoms with Crippen molar-refractivity contribution in [3.8, 4) is 0 Å². The molecule has 4 saturated carbocycles. The van der Waals surface area contributed by atoms with Gasteiger partial charge in [-0.25, -0.2) is 9.97 Å². The van der Waals surface area contributed by atoms with Gasteiger partial charge in [0.15, 0.2) is 0 Å². The normalized spacial score (nSPS) is 19.1. The van der Waals surface area contributed by atoms with Gasteiger partial charge in [0, 0.05) is 71.2 Å². The zero-order chi connectivity index (χ0) is 41.8. The second kappa shape index (κ2) is 21.1. The Bertz CT molecular complexity index is 1970. The van der Waals surface area contributed by atoms with Crippen LogP contribution in [0.15, 0.2) is 73.3 Å². The minimum atomic E-state index is 0.579. The highest BCUT2D eigenvalue weighted by Crippen LogP contribution is 2.35. The number of nitrogens with zero attached hydrogens (tertiary/aromatic N) is 6. The summed E-state index contributed by atoms with van der Waals surface area (Å²) in [6.45, 7) is 0. The van der Waals surface area contributed by atoms with Crippen LogP contribution in [0.2, 0.25) is 0 Å². The smallest absolute Gasteiger partial charge is 0.0894 e. The number of aromatic nitrogens is 6. The Balaban J connectivity index is 1.05. The first-order valence-electron chi connectivity index (χ1n) is 24.2. The molecule has 0 unspecified atom stereocenters. The van der Waals surface area contributed by atoms with Gasteiger partial charge < -0.3 is 0 Å². The van der Waals surface area contributed by atoms with Crippen LogP contribution in [0.1, 0.15) is 220 Å². The van der Waals surface area contributed by atoms with E-state index in [0.29, 0.717) is 23.7 Å². The van der Waals surface area contributed by atoms with Crippen molar-refractivity contribution in [2.24, 2.45) is 0 Å². The van der Waals surface area contributed by atoms with E-state index in [0.717, 1.165) is 45.0 Å². The third kappa shape index (κ3) is 11.2. The molecule has 0 saturated heterocycles. The largest absolute Gasteiger partial charge is 0.260 e. The van der Waals surface area contributed by atoms with Crippen molar-refractivity contribution in [1.29, 1.82) is 0 Å². The molecule has 0 atom stereocenters. The predicted molar refractivity (Wildman–Crippen MR) is 258 cm³/mol. The van der Waals surface area contributed by atoms with E-state index in [-0.39, 0.29) is 0 Å². The van der Waals surface area contributed by atoms with Crippen LogP contribution in [0.3, 0.4) is 0 Å². The molecule has 62 heavy (non-hydrogen) atoms. The molecular formula is C56H64N6. The van der Waals surface area contributed by atoms with E-state index < -0.39 is 0 Å². The van der Waals surface area contributed by atoms with Gasteiger partial charge in [0.1, 0.15) is 0 Å². The summed E-state index contributed by atoms with van der Waals surface area (Å²) >= 11 is 0. The second-order valence-corrected chi connectivity index (χ2v) is 18.5. The third-order valence-electron chi connectivity index (χ3n) is 14.1. The van der Waals surface area contributed by atoms with Gasteiger partial charge in [0.05, 0.1) is 22.8 Å². The minimum Gasteiger partial charge on any atom is -0.260 e. The molecule has 0 N–H and O–H groups in total. The molecule has 6 heteroatoms. The van der Waals surface area contributed by atoms with Gasteiger partial charge in [-0.15, -0.1) is 0 Å². The van der Waals surface area contributed by atoms with Gasteiger partial charge in [0.2, 0.25) is 0 Å². The van der Waals surface area contributed by atoms with Gasteiger partial charge in [0.25, 0.3) is 0 Å². The Hall–Kier alpha value is -5.36. The van der Waals surface area contributed by atoms with Crippen molar-refractivity contribution in [2.45, 2.75) is 152 Å². The van der Waals surface area contributed by atoms with E-state index in [1.807, 2.05) is 24.8 Å². The van der Waals surface area contributed by atoms with E-state index in [9.17, 15) is 0 Å². The Kier molecular flexibility index (Phi) is 14.3.